The summed E-state index contributed by atoms with van der Waals surface area (Å²) in [5.74, 6) is 0.581. The van der Waals surface area contributed by atoms with Crippen molar-refractivity contribution in [1.82, 2.24) is 10.5 Å². The van der Waals surface area contributed by atoms with Crippen LogP contribution in [0.1, 0.15) is 19.4 Å². The molecule has 0 bridgehead atoms. The first kappa shape index (κ1) is 12.8. The molecule has 1 heterocycles. The zero-order valence-corrected chi connectivity index (χ0v) is 11.1. The first-order valence-corrected chi connectivity index (χ1v) is 6.65. The van der Waals surface area contributed by atoms with Crippen molar-refractivity contribution in [2.24, 2.45) is 5.10 Å². The van der Waals surface area contributed by atoms with E-state index in [-0.39, 0.29) is 6.10 Å². The van der Waals surface area contributed by atoms with Crippen LogP contribution in [-0.2, 0) is 4.74 Å². The number of nitrogens with zero attached hydrogens (tertiary/aromatic N) is 2. The van der Waals surface area contributed by atoms with Gasteiger partial charge in [-0.2, -0.15) is 5.12 Å². The molecule has 1 aromatic carbocycles. The van der Waals surface area contributed by atoms with Crippen molar-refractivity contribution in [2.75, 3.05) is 5.88 Å². The Morgan fingerprint density at radius 3 is 2.83 bits per heavy atom. The number of hydrogen-bond acceptors (Lipinski definition) is 5. The Kier molecular flexibility index (Phi) is 4.09. The van der Waals surface area contributed by atoms with Crippen molar-refractivity contribution in [2.45, 2.75) is 20.0 Å². The third-order valence-corrected chi connectivity index (χ3v) is 3.08. The van der Waals surface area contributed by atoms with Crippen LogP contribution in [0.25, 0.3) is 0 Å². The van der Waals surface area contributed by atoms with Crippen molar-refractivity contribution >= 4 is 22.9 Å². The number of hydrogen-bond donors (Lipinski definition) is 1. The summed E-state index contributed by atoms with van der Waals surface area (Å²) in [6, 6.07) is 9.85. The quantitative estimate of drug-likeness (QED) is 0.911. The lowest BCUT2D eigenvalue weighted by molar-refractivity contribution is 0.0899. The molecule has 6 heteroatoms. The maximum Gasteiger partial charge on any atom is 0.427 e. The monoisotopic (exact) mass is 265 g/mol. The molecule has 0 fully saturated rings. The molecule has 0 spiro atoms. The van der Waals surface area contributed by atoms with E-state index in [1.165, 1.54) is 5.12 Å². The van der Waals surface area contributed by atoms with Gasteiger partial charge < -0.3 is 4.74 Å². The van der Waals surface area contributed by atoms with Gasteiger partial charge in [0.05, 0.1) is 6.10 Å². The smallest absolute Gasteiger partial charge is 0.427 e. The Balaban J connectivity index is 1.94. The fraction of sp³-hybridized carbons (Fsp3) is 0.333. The van der Waals surface area contributed by atoms with E-state index in [1.807, 2.05) is 30.3 Å². The number of amides is 1. The maximum absolute atomic E-state index is 11.4. The van der Waals surface area contributed by atoms with Crippen LogP contribution in [0.2, 0.25) is 0 Å². The summed E-state index contributed by atoms with van der Waals surface area (Å²) in [4.78, 5) is 11.4. The second-order valence-electron chi connectivity index (χ2n) is 4.01. The van der Waals surface area contributed by atoms with E-state index in [1.54, 1.807) is 25.6 Å². The number of carbonyl (C=O) groups is 1. The molecule has 1 amide bonds. The largest absolute Gasteiger partial charge is 0.446 e. The lowest BCUT2D eigenvalue weighted by Gasteiger charge is -2.15. The highest BCUT2D eigenvalue weighted by molar-refractivity contribution is 8.14. The third kappa shape index (κ3) is 3.40. The fourth-order valence-corrected chi connectivity index (χ4v) is 2.24. The summed E-state index contributed by atoms with van der Waals surface area (Å²) in [5, 5.41) is 6.68. The number of benzene rings is 1. The Bertz CT molecular complexity index is 448. The van der Waals surface area contributed by atoms with Crippen molar-refractivity contribution in [3.8, 4) is 0 Å². The van der Waals surface area contributed by atoms with Gasteiger partial charge >= 0.3 is 6.09 Å². The molecule has 2 rings (SSSR count). The number of carbonyl (C=O) groups excluding carboxylic acids is 1. The van der Waals surface area contributed by atoms with Crippen LogP contribution < -0.4 is 5.43 Å². The molecule has 0 radical (unpaired) electrons. The van der Waals surface area contributed by atoms with Gasteiger partial charge in [-0.05, 0) is 13.8 Å². The van der Waals surface area contributed by atoms with E-state index >= 15 is 0 Å². The Morgan fingerprint density at radius 2 is 2.17 bits per heavy atom. The molecule has 0 saturated heterocycles. The highest BCUT2D eigenvalue weighted by Gasteiger charge is 2.19. The van der Waals surface area contributed by atoms with E-state index in [4.69, 9.17) is 4.74 Å². The first-order valence-electron chi connectivity index (χ1n) is 5.67. The molecule has 0 atom stereocenters. The van der Waals surface area contributed by atoms with Crippen LogP contribution in [0.3, 0.4) is 0 Å². The number of hydrazine groups is 1. The van der Waals surface area contributed by atoms with Gasteiger partial charge in [0.2, 0.25) is 0 Å². The molecular formula is C12H15N3O2S. The van der Waals surface area contributed by atoms with Crippen molar-refractivity contribution in [3.05, 3.63) is 35.9 Å². The molecule has 1 aliphatic heterocycles. The summed E-state index contributed by atoms with van der Waals surface area (Å²) >= 11 is 1.57. The topological polar surface area (TPSA) is 53.9 Å². The van der Waals surface area contributed by atoms with Gasteiger partial charge in [0.15, 0.2) is 0 Å². The van der Waals surface area contributed by atoms with Gasteiger partial charge in [0.1, 0.15) is 10.9 Å². The number of ether oxygens (including phenoxy) is 1. The lowest BCUT2D eigenvalue weighted by Crippen LogP contribution is -2.38. The molecule has 1 N–H and O–H groups in total. The minimum absolute atomic E-state index is 0.141. The van der Waals surface area contributed by atoms with Gasteiger partial charge in [-0.25, -0.2) is 10.2 Å². The maximum atomic E-state index is 11.4. The molecule has 1 aromatic rings. The fourth-order valence-electron chi connectivity index (χ4n) is 1.41. The van der Waals surface area contributed by atoms with Gasteiger partial charge in [0.25, 0.3) is 0 Å². The van der Waals surface area contributed by atoms with Crippen molar-refractivity contribution in [3.63, 3.8) is 0 Å². The Labute approximate surface area is 110 Å². The Hall–Kier alpha value is -1.69. The number of rotatable bonds is 3. The van der Waals surface area contributed by atoms with Gasteiger partial charge in [-0.1, -0.05) is 42.1 Å². The zero-order valence-electron chi connectivity index (χ0n) is 10.3. The van der Waals surface area contributed by atoms with E-state index in [2.05, 4.69) is 10.5 Å². The average Bonchev–Trinajstić information content (AvgIpc) is 2.77. The molecule has 0 saturated carbocycles. The molecule has 1 aliphatic rings. The number of thioether (sulfide) groups is 1. The minimum Gasteiger partial charge on any atom is -0.446 e. The van der Waals surface area contributed by atoms with E-state index in [0.717, 1.165) is 10.6 Å². The van der Waals surface area contributed by atoms with Crippen LogP contribution >= 0.6 is 11.8 Å². The zero-order chi connectivity index (χ0) is 13.0. The van der Waals surface area contributed by atoms with E-state index < -0.39 is 6.09 Å². The van der Waals surface area contributed by atoms with Gasteiger partial charge in [0, 0.05) is 5.56 Å². The lowest BCUT2D eigenvalue weighted by atomic mass is 10.2. The normalized spacial score (nSPS) is 14.6. The number of hydrazone groups is 1. The SMILES string of the molecule is CC(C)OC(=O)NN1CSC(c2ccccc2)=N1. The van der Waals surface area contributed by atoms with Crippen LogP contribution in [0, 0.1) is 0 Å². The average molecular weight is 265 g/mol. The summed E-state index contributed by atoms with van der Waals surface area (Å²) in [7, 11) is 0. The van der Waals surface area contributed by atoms with Crippen molar-refractivity contribution in [1.29, 1.82) is 0 Å². The molecular weight excluding hydrogens is 250 g/mol. The van der Waals surface area contributed by atoms with Crippen molar-refractivity contribution < 1.29 is 9.53 Å². The van der Waals surface area contributed by atoms with E-state index in [9.17, 15) is 4.79 Å². The predicted molar refractivity (Wildman–Crippen MR) is 72.0 cm³/mol. The molecule has 0 aromatic heterocycles. The highest BCUT2D eigenvalue weighted by atomic mass is 32.2. The molecule has 5 nitrogen and oxygen atoms in total. The molecule has 18 heavy (non-hydrogen) atoms. The van der Waals surface area contributed by atoms with Crippen LogP contribution in [0.15, 0.2) is 35.4 Å². The number of nitrogens with one attached hydrogen (secondary N) is 1. The van der Waals surface area contributed by atoms with Crippen LogP contribution in [0.5, 0.6) is 0 Å². The van der Waals surface area contributed by atoms with Gasteiger partial charge in [-0.3, -0.25) is 0 Å². The highest BCUT2D eigenvalue weighted by Crippen LogP contribution is 2.20. The summed E-state index contributed by atoms with van der Waals surface area (Å²) < 4.78 is 4.98. The predicted octanol–water partition coefficient (Wildman–Crippen LogP) is 2.40. The summed E-state index contributed by atoms with van der Waals surface area (Å²) in [6.07, 6.45) is -0.624. The first-order chi connectivity index (χ1) is 8.65. The summed E-state index contributed by atoms with van der Waals surface area (Å²) in [6.45, 7) is 3.61. The second-order valence-corrected chi connectivity index (χ2v) is 4.94. The molecule has 0 unspecified atom stereocenters. The van der Waals surface area contributed by atoms with Crippen LogP contribution in [0.4, 0.5) is 4.79 Å². The molecule has 96 valence electrons. The van der Waals surface area contributed by atoms with Gasteiger partial charge in [-0.15, -0.1) is 5.10 Å². The van der Waals surface area contributed by atoms with E-state index in [0.29, 0.717) is 5.88 Å². The minimum atomic E-state index is -0.483. The second kappa shape index (κ2) is 5.77. The third-order valence-electron chi connectivity index (χ3n) is 2.12. The standard InChI is InChI=1S/C12H15N3O2S/c1-9(2)17-12(16)14-15-8-18-11(13-15)10-6-4-3-5-7-10/h3-7,9H,8H2,1-2H3,(H,14,16). The molecule has 0 aliphatic carbocycles. The van der Waals surface area contributed by atoms with Crippen LogP contribution in [-0.4, -0.2) is 28.2 Å². The Morgan fingerprint density at radius 1 is 1.44 bits per heavy atom. The summed E-state index contributed by atoms with van der Waals surface area (Å²) in [5.41, 5.74) is 3.62.